The molecule has 1 atom stereocenters. The Morgan fingerprint density at radius 1 is 0.957 bits per heavy atom. The van der Waals surface area contributed by atoms with Crippen molar-refractivity contribution in [2.75, 3.05) is 20.6 Å². The van der Waals surface area contributed by atoms with Gasteiger partial charge in [-0.2, -0.15) is 13.2 Å². The molecule has 23 heavy (non-hydrogen) atoms. The van der Waals surface area contributed by atoms with E-state index in [0.29, 0.717) is 6.42 Å². The van der Waals surface area contributed by atoms with Crippen molar-refractivity contribution >= 4 is 0 Å². The monoisotopic (exact) mass is 321 g/mol. The smallest absolute Gasteiger partial charge is 0.309 e. The molecule has 0 aliphatic carbocycles. The number of hydrogen-bond donors (Lipinski definition) is 0. The fourth-order valence-corrected chi connectivity index (χ4v) is 2.68. The number of nitrogens with zero attached hydrogens (tertiary/aromatic N) is 1. The molecule has 0 aromatic heterocycles. The molecular weight excluding hydrogens is 299 g/mol. The molecule has 0 N–H and O–H groups in total. The van der Waals surface area contributed by atoms with Crippen LogP contribution in [0.5, 0.6) is 0 Å². The van der Waals surface area contributed by atoms with Gasteiger partial charge in [0.15, 0.2) is 0 Å². The lowest BCUT2D eigenvalue weighted by atomic mass is 9.88. The number of rotatable bonds is 6. The molecule has 0 radical (unpaired) electrons. The van der Waals surface area contributed by atoms with E-state index in [1.54, 1.807) is 6.07 Å². The van der Waals surface area contributed by atoms with E-state index in [-0.39, 0.29) is 5.92 Å². The minimum absolute atomic E-state index is 0.210. The first kappa shape index (κ1) is 17.5. The Balaban J connectivity index is 2.20. The highest BCUT2D eigenvalue weighted by Gasteiger charge is 2.30. The molecule has 2 aromatic rings. The normalized spacial score (nSPS) is 13.3. The lowest BCUT2D eigenvalue weighted by molar-refractivity contribution is -0.137. The summed E-state index contributed by atoms with van der Waals surface area (Å²) in [6.07, 6.45) is -2.77. The molecule has 0 fully saturated rings. The minimum Gasteiger partial charge on any atom is -0.309 e. The molecule has 0 saturated carbocycles. The van der Waals surface area contributed by atoms with Gasteiger partial charge in [0.25, 0.3) is 0 Å². The SMILES string of the molecule is CN(C)CCC(Cc1cccc(C(F)(F)F)c1)c1ccccc1. The fourth-order valence-electron chi connectivity index (χ4n) is 2.68. The van der Waals surface area contributed by atoms with Gasteiger partial charge >= 0.3 is 6.18 Å². The summed E-state index contributed by atoms with van der Waals surface area (Å²) in [5.74, 6) is 0.210. The Morgan fingerprint density at radius 3 is 2.26 bits per heavy atom. The van der Waals surface area contributed by atoms with Gasteiger partial charge in [0.2, 0.25) is 0 Å². The van der Waals surface area contributed by atoms with Crippen LogP contribution >= 0.6 is 0 Å². The largest absolute Gasteiger partial charge is 0.416 e. The average molecular weight is 321 g/mol. The lowest BCUT2D eigenvalue weighted by Crippen LogP contribution is -2.17. The second kappa shape index (κ2) is 7.64. The first-order valence-corrected chi connectivity index (χ1v) is 7.72. The molecule has 0 aliphatic heterocycles. The molecule has 0 heterocycles. The van der Waals surface area contributed by atoms with Crippen molar-refractivity contribution in [2.24, 2.45) is 0 Å². The zero-order valence-corrected chi connectivity index (χ0v) is 13.5. The number of benzene rings is 2. The van der Waals surface area contributed by atoms with Gasteiger partial charge in [-0.1, -0.05) is 48.5 Å². The van der Waals surface area contributed by atoms with Crippen LogP contribution < -0.4 is 0 Å². The summed E-state index contributed by atoms with van der Waals surface area (Å²) in [4.78, 5) is 2.10. The highest BCUT2D eigenvalue weighted by molar-refractivity contribution is 5.29. The molecule has 4 heteroatoms. The third-order valence-corrected chi connectivity index (χ3v) is 3.93. The van der Waals surface area contributed by atoms with Crippen LogP contribution in [0, 0.1) is 0 Å². The second-order valence-corrected chi connectivity index (χ2v) is 6.10. The highest BCUT2D eigenvalue weighted by Crippen LogP contribution is 2.31. The molecule has 0 amide bonds. The molecule has 0 spiro atoms. The maximum absolute atomic E-state index is 12.9. The molecule has 1 nitrogen and oxygen atoms in total. The first-order valence-electron chi connectivity index (χ1n) is 7.72. The Hall–Kier alpha value is -1.81. The Kier molecular flexibility index (Phi) is 5.83. The van der Waals surface area contributed by atoms with Crippen molar-refractivity contribution in [1.82, 2.24) is 4.90 Å². The van der Waals surface area contributed by atoms with E-state index in [4.69, 9.17) is 0 Å². The van der Waals surface area contributed by atoms with Gasteiger partial charge in [-0.05, 0) is 56.6 Å². The van der Waals surface area contributed by atoms with Gasteiger partial charge in [0, 0.05) is 0 Å². The van der Waals surface area contributed by atoms with E-state index in [0.717, 1.165) is 24.6 Å². The predicted molar refractivity (Wildman–Crippen MR) is 87.5 cm³/mol. The maximum Gasteiger partial charge on any atom is 0.416 e. The highest BCUT2D eigenvalue weighted by atomic mass is 19.4. The van der Waals surface area contributed by atoms with Crippen LogP contribution in [-0.2, 0) is 12.6 Å². The van der Waals surface area contributed by atoms with Gasteiger partial charge in [-0.3, -0.25) is 0 Å². The van der Waals surface area contributed by atoms with E-state index in [1.165, 1.54) is 17.7 Å². The molecule has 124 valence electrons. The molecule has 0 saturated heterocycles. The van der Waals surface area contributed by atoms with Crippen LogP contribution in [0.2, 0.25) is 0 Å². The molecule has 0 aliphatic rings. The summed E-state index contributed by atoms with van der Waals surface area (Å²) in [5.41, 5.74) is 1.33. The topological polar surface area (TPSA) is 3.24 Å². The zero-order valence-electron chi connectivity index (χ0n) is 13.5. The summed E-state index contributed by atoms with van der Waals surface area (Å²) in [5, 5.41) is 0. The van der Waals surface area contributed by atoms with E-state index in [1.807, 2.05) is 44.4 Å². The quantitative estimate of drug-likeness (QED) is 0.725. The van der Waals surface area contributed by atoms with E-state index < -0.39 is 11.7 Å². The van der Waals surface area contributed by atoms with Crippen molar-refractivity contribution in [1.29, 1.82) is 0 Å². The van der Waals surface area contributed by atoms with E-state index in [2.05, 4.69) is 4.90 Å². The van der Waals surface area contributed by atoms with Gasteiger partial charge in [0.1, 0.15) is 0 Å². The molecular formula is C19H22F3N. The maximum atomic E-state index is 12.9. The number of alkyl halides is 3. The van der Waals surface area contributed by atoms with Gasteiger partial charge in [-0.15, -0.1) is 0 Å². The van der Waals surface area contributed by atoms with E-state index >= 15 is 0 Å². The second-order valence-electron chi connectivity index (χ2n) is 6.10. The summed E-state index contributed by atoms with van der Waals surface area (Å²) < 4.78 is 38.6. The third-order valence-electron chi connectivity index (χ3n) is 3.93. The average Bonchev–Trinajstić information content (AvgIpc) is 2.51. The fraction of sp³-hybridized carbons (Fsp3) is 0.368. The Labute approximate surface area is 135 Å². The van der Waals surface area contributed by atoms with Crippen molar-refractivity contribution in [3.05, 3.63) is 71.3 Å². The van der Waals surface area contributed by atoms with Gasteiger partial charge in [0.05, 0.1) is 5.56 Å². The lowest BCUT2D eigenvalue weighted by Gasteiger charge is -2.20. The van der Waals surface area contributed by atoms with Crippen LogP contribution in [0.3, 0.4) is 0 Å². The summed E-state index contributed by atoms with van der Waals surface area (Å²) >= 11 is 0. The number of hydrogen-bond acceptors (Lipinski definition) is 1. The van der Waals surface area contributed by atoms with Crippen molar-refractivity contribution in [3.8, 4) is 0 Å². The Morgan fingerprint density at radius 2 is 1.65 bits per heavy atom. The molecule has 0 bridgehead atoms. The number of halogens is 3. The summed E-state index contributed by atoms with van der Waals surface area (Å²) in [7, 11) is 4.01. The van der Waals surface area contributed by atoms with Crippen molar-refractivity contribution in [2.45, 2.75) is 24.9 Å². The van der Waals surface area contributed by atoms with Crippen molar-refractivity contribution in [3.63, 3.8) is 0 Å². The van der Waals surface area contributed by atoms with Crippen LogP contribution in [0.15, 0.2) is 54.6 Å². The van der Waals surface area contributed by atoms with Crippen LogP contribution in [0.1, 0.15) is 29.0 Å². The summed E-state index contributed by atoms with van der Waals surface area (Å²) in [6, 6.07) is 15.7. The minimum atomic E-state index is -4.29. The Bertz CT molecular complexity index is 606. The third kappa shape index (κ3) is 5.39. The standard InChI is InChI=1S/C19H22F3N/c1-23(2)12-11-17(16-8-4-3-5-9-16)13-15-7-6-10-18(14-15)19(20,21)22/h3-10,14,17H,11-13H2,1-2H3. The van der Waals surface area contributed by atoms with Gasteiger partial charge < -0.3 is 4.90 Å². The molecule has 2 rings (SSSR count). The molecule has 1 unspecified atom stereocenters. The van der Waals surface area contributed by atoms with E-state index in [9.17, 15) is 13.2 Å². The predicted octanol–water partition coefficient (Wildman–Crippen LogP) is 4.98. The zero-order chi connectivity index (χ0) is 16.9. The van der Waals surface area contributed by atoms with Crippen LogP contribution in [0.4, 0.5) is 13.2 Å². The molecule has 2 aromatic carbocycles. The summed E-state index contributed by atoms with van der Waals surface area (Å²) in [6.45, 7) is 0.901. The first-order chi connectivity index (χ1) is 10.9. The van der Waals surface area contributed by atoms with Gasteiger partial charge in [-0.25, -0.2) is 0 Å². The van der Waals surface area contributed by atoms with Crippen LogP contribution in [0.25, 0.3) is 0 Å². The van der Waals surface area contributed by atoms with Crippen molar-refractivity contribution < 1.29 is 13.2 Å². The van der Waals surface area contributed by atoms with Crippen LogP contribution in [-0.4, -0.2) is 25.5 Å².